The van der Waals surface area contributed by atoms with Crippen LogP contribution in [0.25, 0.3) is 0 Å². The van der Waals surface area contributed by atoms with Crippen LogP contribution >= 0.6 is 24.0 Å². The zero-order valence-electron chi connectivity index (χ0n) is 19.0. The summed E-state index contributed by atoms with van der Waals surface area (Å²) in [6.07, 6.45) is 3.59. The molecule has 0 radical (unpaired) electrons. The fraction of sp³-hybridized carbons (Fsp3) is 0.696. The quantitative estimate of drug-likeness (QED) is 0.301. The SMILES string of the molecule is CCNC(=NCc1ccccc1CN(C)C(C)C)N(C)CCC1CCOCC1.I. The van der Waals surface area contributed by atoms with Gasteiger partial charge in [-0.05, 0) is 64.1 Å². The van der Waals surface area contributed by atoms with Gasteiger partial charge < -0.3 is 15.0 Å². The molecule has 1 aliphatic rings. The fourth-order valence-corrected chi connectivity index (χ4v) is 3.46. The minimum atomic E-state index is 0. The van der Waals surface area contributed by atoms with Crippen LogP contribution in [0.4, 0.5) is 0 Å². The lowest BCUT2D eigenvalue weighted by molar-refractivity contribution is 0.0625. The molecule has 0 aliphatic carbocycles. The molecule has 2 rings (SSSR count). The number of hydrogen-bond acceptors (Lipinski definition) is 3. The lowest BCUT2D eigenvalue weighted by atomic mass is 9.96. The maximum Gasteiger partial charge on any atom is 0.193 e. The van der Waals surface area contributed by atoms with Gasteiger partial charge in [-0.3, -0.25) is 4.90 Å². The highest BCUT2D eigenvalue weighted by molar-refractivity contribution is 14.0. The minimum Gasteiger partial charge on any atom is -0.381 e. The van der Waals surface area contributed by atoms with Gasteiger partial charge in [0, 0.05) is 45.9 Å². The van der Waals surface area contributed by atoms with Crippen LogP contribution in [0.1, 0.15) is 51.2 Å². The van der Waals surface area contributed by atoms with E-state index in [0.29, 0.717) is 12.6 Å². The second-order valence-corrected chi connectivity index (χ2v) is 8.21. The van der Waals surface area contributed by atoms with Gasteiger partial charge in [0.15, 0.2) is 5.96 Å². The van der Waals surface area contributed by atoms with Gasteiger partial charge in [-0.15, -0.1) is 24.0 Å². The number of benzene rings is 1. The average Bonchev–Trinajstić information content (AvgIpc) is 2.71. The molecule has 1 aromatic rings. The first-order chi connectivity index (χ1) is 13.5. The standard InChI is InChI=1S/C23H40N4O.HI/c1-6-24-23(26(4)14-11-20-12-15-28-16-13-20)25-17-21-9-7-8-10-22(21)18-27(5)19(2)3;/h7-10,19-20H,6,11-18H2,1-5H3,(H,24,25);1H. The summed E-state index contributed by atoms with van der Waals surface area (Å²) in [7, 11) is 4.33. The Balaban J connectivity index is 0.00000420. The second kappa shape index (κ2) is 14.2. The molecule has 1 saturated heterocycles. The molecule has 1 heterocycles. The summed E-state index contributed by atoms with van der Waals surface area (Å²) in [4.78, 5) is 9.60. The van der Waals surface area contributed by atoms with Gasteiger partial charge in [-0.1, -0.05) is 24.3 Å². The Morgan fingerprint density at radius 2 is 1.83 bits per heavy atom. The molecule has 6 heteroatoms. The van der Waals surface area contributed by atoms with Gasteiger partial charge in [0.05, 0.1) is 6.54 Å². The molecule has 1 fully saturated rings. The van der Waals surface area contributed by atoms with Gasteiger partial charge in [0.25, 0.3) is 0 Å². The highest BCUT2D eigenvalue weighted by Gasteiger charge is 2.15. The van der Waals surface area contributed by atoms with Crippen molar-refractivity contribution in [1.29, 1.82) is 0 Å². The predicted molar refractivity (Wildman–Crippen MR) is 134 cm³/mol. The van der Waals surface area contributed by atoms with E-state index in [2.05, 4.69) is 74.2 Å². The predicted octanol–water partition coefficient (Wildman–Crippen LogP) is 4.36. The summed E-state index contributed by atoms with van der Waals surface area (Å²) in [6, 6.07) is 9.21. The van der Waals surface area contributed by atoms with Crippen molar-refractivity contribution >= 4 is 29.9 Å². The summed E-state index contributed by atoms with van der Waals surface area (Å²) in [6.45, 7) is 12.0. The zero-order chi connectivity index (χ0) is 20.4. The molecule has 0 aromatic heterocycles. The Morgan fingerprint density at radius 1 is 1.17 bits per heavy atom. The van der Waals surface area contributed by atoms with Gasteiger partial charge >= 0.3 is 0 Å². The fourth-order valence-electron chi connectivity index (χ4n) is 3.46. The molecule has 0 atom stereocenters. The van der Waals surface area contributed by atoms with Crippen LogP contribution in [0.5, 0.6) is 0 Å². The molecule has 166 valence electrons. The maximum atomic E-state index is 5.48. The monoisotopic (exact) mass is 516 g/mol. The number of rotatable bonds is 9. The molecular formula is C23H41IN4O. The van der Waals surface area contributed by atoms with E-state index in [1.165, 1.54) is 30.4 Å². The maximum absolute atomic E-state index is 5.48. The number of nitrogens with one attached hydrogen (secondary N) is 1. The highest BCUT2D eigenvalue weighted by atomic mass is 127. The molecule has 1 N–H and O–H groups in total. The first-order valence-corrected chi connectivity index (χ1v) is 10.9. The smallest absolute Gasteiger partial charge is 0.193 e. The highest BCUT2D eigenvalue weighted by Crippen LogP contribution is 2.19. The van der Waals surface area contributed by atoms with E-state index in [9.17, 15) is 0 Å². The van der Waals surface area contributed by atoms with Crippen molar-refractivity contribution in [1.82, 2.24) is 15.1 Å². The van der Waals surface area contributed by atoms with E-state index < -0.39 is 0 Å². The number of guanidine groups is 1. The molecule has 1 aromatic carbocycles. The van der Waals surface area contributed by atoms with Gasteiger partial charge in [0.1, 0.15) is 0 Å². The molecule has 0 unspecified atom stereocenters. The van der Waals surface area contributed by atoms with E-state index >= 15 is 0 Å². The summed E-state index contributed by atoms with van der Waals surface area (Å²) in [5.74, 6) is 1.79. The Bertz CT molecular complexity index is 602. The number of halogens is 1. The van der Waals surface area contributed by atoms with E-state index in [4.69, 9.17) is 9.73 Å². The van der Waals surface area contributed by atoms with Crippen molar-refractivity contribution in [3.05, 3.63) is 35.4 Å². The first-order valence-electron chi connectivity index (χ1n) is 10.9. The van der Waals surface area contributed by atoms with Crippen LogP contribution in [-0.4, -0.2) is 62.2 Å². The van der Waals surface area contributed by atoms with Gasteiger partial charge in [-0.2, -0.15) is 0 Å². The van der Waals surface area contributed by atoms with Crippen LogP contribution in [0.15, 0.2) is 29.3 Å². The number of ether oxygens (including phenoxy) is 1. The lowest BCUT2D eigenvalue weighted by Crippen LogP contribution is -2.40. The molecule has 0 saturated carbocycles. The topological polar surface area (TPSA) is 40.1 Å². The average molecular weight is 517 g/mol. The van der Waals surface area contributed by atoms with Crippen molar-refractivity contribution in [2.45, 2.75) is 59.2 Å². The second-order valence-electron chi connectivity index (χ2n) is 8.21. The van der Waals surface area contributed by atoms with Gasteiger partial charge in [-0.25, -0.2) is 4.99 Å². The summed E-state index contributed by atoms with van der Waals surface area (Å²) < 4.78 is 5.48. The van der Waals surface area contributed by atoms with Crippen LogP contribution < -0.4 is 5.32 Å². The van der Waals surface area contributed by atoms with E-state index in [0.717, 1.165) is 44.7 Å². The third-order valence-electron chi connectivity index (χ3n) is 5.73. The molecule has 1 aliphatic heterocycles. The summed E-state index contributed by atoms with van der Waals surface area (Å²) in [5, 5.41) is 3.46. The number of hydrogen-bond donors (Lipinski definition) is 1. The van der Waals surface area contributed by atoms with E-state index in [-0.39, 0.29) is 24.0 Å². The van der Waals surface area contributed by atoms with Gasteiger partial charge in [0.2, 0.25) is 0 Å². The van der Waals surface area contributed by atoms with Crippen molar-refractivity contribution in [2.24, 2.45) is 10.9 Å². The van der Waals surface area contributed by atoms with Crippen molar-refractivity contribution in [3.63, 3.8) is 0 Å². The summed E-state index contributed by atoms with van der Waals surface area (Å²) in [5.41, 5.74) is 2.67. The lowest BCUT2D eigenvalue weighted by Gasteiger charge is -2.27. The van der Waals surface area contributed by atoms with Crippen LogP contribution in [-0.2, 0) is 17.8 Å². The third kappa shape index (κ3) is 9.22. The largest absolute Gasteiger partial charge is 0.381 e. The normalized spacial score (nSPS) is 15.5. The molecule has 29 heavy (non-hydrogen) atoms. The number of nitrogens with zero attached hydrogens (tertiary/aromatic N) is 3. The Kier molecular flexibility index (Phi) is 12.8. The number of aliphatic imine (C=N–C) groups is 1. The van der Waals surface area contributed by atoms with Crippen molar-refractivity contribution in [2.75, 3.05) is 40.4 Å². The molecule has 0 spiro atoms. The Morgan fingerprint density at radius 3 is 2.45 bits per heavy atom. The first kappa shape index (κ1) is 26.2. The Labute approximate surface area is 195 Å². The van der Waals surface area contributed by atoms with Crippen molar-refractivity contribution in [3.8, 4) is 0 Å². The van der Waals surface area contributed by atoms with Crippen LogP contribution in [0, 0.1) is 5.92 Å². The van der Waals surface area contributed by atoms with E-state index in [1.807, 2.05) is 0 Å². The molecular weight excluding hydrogens is 475 g/mol. The summed E-state index contributed by atoms with van der Waals surface area (Å²) >= 11 is 0. The Hall–Kier alpha value is -0.860. The van der Waals surface area contributed by atoms with E-state index in [1.54, 1.807) is 0 Å². The molecule has 0 bridgehead atoms. The zero-order valence-corrected chi connectivity index (χ0v) is 21.3. The third-order valence-corrected chi connectivity index (χ3v) is 5.73. The van der Waals surface area contributed by atoms with Crippen LogP contribution in [0.2, 0.25) is 0 Å². The van der Waals surface area contributed by atoms with Crippen molar-refractivity contribution < 1.29 is 4.74 Å². The molecule has 5 nitrogen and oxygen atoms in total. The minimum absolute atomic E-state index is 0. The molecule has 0 amide bonds. The van der Waals surface area contributed by atoms with Crippen LogP contribution in [0.3, 0.4) is 0 Å².